The Hall–Kier alpha value is -0.120. The van der Waals surface area contributed by atoms with Crippen LogP contribution in [0.15, 0.2) is 0 Å². The summed E-state index contributed by atoms with van der Waals surface area (Å²) in [6.45, 7) is 11.0. The average Bonchev–Trinajstić information content (AvgIpc) is 2.32. The number of piperidine rings is 1. The Labute approximate surface area is 93.6 Å². The lowest BCUT2D eigenvalue weighted by Crippen LogP contribution is -2.50. The van der Waals surface area contributed by atoms with E-state index in [0.29, 0.717) is 5.41 Å². The first-order chi connectivity index (χ1) is 7.35. The quantitative estimate of drug-likeness (QED) is 0.718. The Kier molecular flexibility index (Phi) is 4.00. The second-order valence-corrected chi connectivity index (χ2v) is 5.13. The van der Waals surface area contributed by atoms with Gasteiger partial charge in [0.25, 0.3) is 0 Å². The third-order valence-corrected chi connectivity index (χ3v) is 4.18. The van der Waals surface area contributed by atoms with Crippen LogP contribution in [-0.4, -0.2) is 50.7 Å². The van der Waals surface area contributed by atoms with Gasteiger partial charge < -0.3 is 15.5 Å². The predicted octanol–water partition coefficient (Wildman–Crippen LogP) is 0.671. The Morgan fingerprint density at radius 1 is 1.00 bits per heavy atom. The predicted molar refractivity (Wildman–Crippen MR) is 64.1 cm³/mol. The van der Waals surface area contributed by atoms with Crippen molar-refractivity contribution >= 4 is 0 Å². The van der Waals surface area contributed by atoms with E-state index in [1.807, 2.05) is 0 Å². The SMILES string of the molecule is CCC1(CN2CCNCC2)CCNCC1. The third-order valence-electron chi connectivity index (χ3n) is 4.18. The zero-order valence-electron chi connectivity index (χ0n) is 10.0. The van der Waals surface area contributed by atoms with Gasteiger partial charge in [0.15, 0.2) is 0 Å². The molecule has 0 spiro atoms. The molecule has 0 unspecified atom stereocenters. The summed E-state index contributed by atoms with van der Waals surface area (Å²) in [7, 11) is 0. The Morgan fingerprint density at radius 3 is 2.20 bits per heavy atom. The van der Waals surface area contributed by atoms with Crippen LogP contribution in [0.1, 0.15) is 26.2 Å². The largest absolute Gasteiger partial charge is 0.317 e. The standard InChI is InChI=1S/C12H25N3/c1-2-12(3-5-13-6-4-12)11-15-9-7-14-8-10-15/h13-14H,2-11H2,1H3. The highest BCUT2D eigenvalue weighted by atomic mass is 15.2. The van der Waals surface area contributed by atoms with Gasteiger partial charge in [0, 0.05) is 32.7 Å². The van der Waals surface area contributed by atoms with E-state index in [2.05, 4.69) is 22.5 Å². The van der Waals surface area contributed by atoms with Crippen molar-refractivity contribution in [3.63, 3.8) is 0 Å². The second kappa shape index (κ2) is 5.28. The average molecular weight is 211 g/mol. The van der Waals surface area contributed by atoms with Gasteiger partial charge in [0.1, 0.15) is 0 Å². The molecule has 88 valence electrons. The van der Waals surface area contributed by atoms with Crippen LogP contribution < -0.4 is 10.6 Å². The molecule has 0 aromatic heterocycles. The minimum absolute atomic E-state index is 0.614. The van der Waals surface area contributed by atoms with Gasteiger partial charge in [-0.05, 0) is 37.8 Å². The Balaban J connectivity index is 1.87. The molecule has 2 saturated heterocycles. The van der Waals surface area contributed by atoms with Crippen LogP contribution in [0.25, 0.3) is 0 Å². The van der Waals surface area contributed by atoms with E-state index in [4.69, 9.17) is 0 Å². The van der Waals surface area contributed by atoms with Crippen LogP contribution in [0.5, 0.6) is 0 Å². The molecule has 0 bridgehead atoms. The molecule has 0 aromatic rings. The Bertz CT molecular complexity index is 181. The Morgan fingerprint density at radius 2 is 1.60 bits per heavy atom. The molecule has 2 aliphatic heterocycles. The molecule has 3 heteroatoms. The molecular weight excluding hydrogens is 186 g/mol. The number of piperazine rings is 1. The van der Waals surface area contributed by atoms with E-state index >= 15 is 0 Å². The van der Waals surface area contributed by atoms with Crippen LogP contribution in [0.3, 0.4) is 0 Å². The number of nitrogens with zero attached hydrogens (tertiary/aromatic N) is 1. The smallest absolute Gasteiger partial charge is 0.0108 e. The summed E-state index contributed by atoms with van der Waals surface area (Å²) in [5.74, 6) is 0. The normalized spacial score (nSPS) is 27.8. The fourth-order valence-corrected chi connectivity index (χ4v) is 2.92. The lowest BCUT2D eigenvalue weighted by Gasteiger charge is -2.42. The molecule has 2 N–H and O–H groups in total. The summed E-state index contributed by atoms with van der Waals surface area (Å²) >= 11 is 0. The molecular formula is C12H25N3. The highest BCUT2D eigenvalue weighted by molar-refractivity contribution is 4.87. The summed E-state index contributed by atoms with van der Waals surface area (Å²) in [6, 6.07) is 0. The van der Waals surface area contributed by atoms with Crippen molar-refractivity contribution in [1.29, 1.82) is 0 Å². The van der Waals surface area contributed by atoms with Gasteiger partial charge in [0.2, 0.25) is 0 Å². The minimum atomic E-state index is 0.614. The van der Waals surface area contributed by atoms with Crippen molar-refractivity contribution in [2.24, 2.45) is 5.41 Å². The van der Waals surface area contributed by atoms with Crippen LogP contribution >= 0.6 is 0 Å². The van der Waals surface area contributed by atoms with Crippen LogP contribution in [0.4, 0.5) is 0 Å². The lowest BCUT2D eigenvalue weighted by molar-refractivity contribution is 0.0980. The van der Waals surface area contributed by atoms with Crippen molar-refractivity contribution in [1.82, 2.24) is 15.5 Å². The molecule has 0 saturated carbocycles. The molecule has 2 rings (SSSR count). The maximum atomic E-state index is 3.48. The van der Waals surface area contributed by atoms with Crippen molar-refractivity contribution in [2.75, 3.05) is 45.8 Å². The topological polar surface area (TPSA) is 27.3 Å². The van der Waals surface area contributed by atoms with Crippen molar-refractivity contribution in [2.45, 2.75) is 26.2 Å². The molecule has 0 aromatic carbocycles. The van der Waals surface area contributed by atoms with E-state index in [0.717, 1.165) is 0 Å². The molecule has 3 nitrogen and oxygen atoms in total. The first-order valence-corrected chi connectivity index (χ1v) is 6.48. The molecule has 0 amide bonds. The lowest BCUT2D eigenvalue weighted by atomic mass is 9.76. The zero-order chi connectivity index (χ0) is 10.6. The highest BCUT2D eigenvalue weighted by Crippen LogP contribution is 2.33. The van der Waals surface area contributed by atoms with Crippen LogP contribution in [0, 0.1) is 5.41 Å². The van der Waals surface area contributed by atoms with Crippen molar-refractivity contribution in [3.05, 3.63) is 0 Å². The molecule has 15 heavy (non-hydrogen) atoms. The summed E-state index contributed by atoms with van der Waals surface area (Å²) < 4.78 is 0. The number of hydrogen-bond acceptors (Lipinski definition) is 3. The maximum Gasteiger partial charge on any atom is 0.0108 e. The van der Waals surface area contributed by atoms with E-state index in [1.165, 1.54) is 65.1 Å². The second-order valence-electron chi connectivity index (χ2n) is 5.13. The molecule has 0 aliphatic carbocycles. The fraction of sp³-hybridized carbons (Fsp3) is 1.00. The molecule has 2 heterocycles. The van der Waals surface area contributed by atoms with Gasteiger partial charge in [0.05, 0.1) is 0 Å². The van der Waals surface area contributed by atoms with Gasteiger partial charge >= 0.3 is 0 Å². The van der Waals surface area contributed by atoms with Crippen molar-refractivity contribution < 1.29 is 0 Å². The summed E-state index contributed by atoms with van der Waals surface area (Å²) in [5.41, 5.74) is 0.614. The van der Waals surface area contributed by atoms with Gasteiger partial charge in [-0.3, -0.25) is 0 Å². The molecule has 2 fully saturated rings. The first kappa shape index (κ1) is 11.4. The van der Waals surface area contributed by atoms with E-state index in [1.54, 1.807) is 0 Å². The summed E-state index contributed by atoms with van der Waals surface area (Å²) in [4.78, 5) is 2.66. The van der Waals surface area contributed by atoms with E-state index < -0.39 is 0 Å². The summed E-state index contributed by atoms with van der Waals surface area (Å²) in [5, 5.41) is 6.91. The maximum absolute atomic E-state index is 3.48. The van der Waals surface area contributed by atoms with Gasteiger partial charge in [-0.1, -0.05) is 6.92 Å². The third kappa shape index (κ3) is 2.92. The summed E-state index contributed by atoms with van der Waals surface area (Å²) in [6.07, 6.45) is 4.08. The van der Waals surface area contributed by atoms with Gasteiger partial charge in [-0.25, -0.2) is 0 Å². The number of rotatable bonds is 3. The highest BCUT2D eigenvalue weighted by Gasteiger charge is 2.32. The van der Waals surface area contributed by atoms with Crippen LogP contribution in [-0.2, 0) is 0 Å². The fourth-order valence-electron chi connectivity index (χ4n) is 2.92. The van der Waals surface area contributed by atoms with Crippen molar-refractivity contribution in [3.8, 4) is 0 Å². The monoisotopic (exact) mass is 211 g/mol. The molecule has 2 aliphatic rings. The molecule has 0 radical (unpaired) electrons. The van der Waals surface area contributed by atoms with E-state index in [9.17, 15) is 0 Å². The van der Waals surface area contributed by atoms with Gasteiger partial charge in [-0.2, -0.15) is 0 Å². The zero-order valence-corrected chi connectivity index (χ0v) is 10.0. The van der Waals surface area contributed by atoms with E-state index in [-0.39, 0.29) is 0 Å². The number of nitrogens with one attached hydrogen (secondary N) is 2. The van der Waals surface area contributed by atoms with Gasteiger partial charge in [-0.15, -0.1) is 0 Å². The number of hydrogen-bond donors (Lipinski definition) is 2. The first-order valence-electron chi connectivity index (χ1n) is 6.48. The minimum Gasteiger partial charge on any atom is -0.317 e. The van der Waals surface area contributed by atoms with Crippen LogP contribution in [0.2, 0.25) is 0 Å². The molecule has 0 atom stereocenters.